The molecule has 20 heavy (non-hydrogen) atoms. The first kappa shape index (κ1) is 14.5. The Morgan fingerprint density at radius 2 is 1.95 bits per heavy atom. The zero-order valence-corrected chi connectivity index (χ0v) is 13.4. The van der Waals surface area contributed by atoms with Gasteiger partial charge in [0.15, 0.2) is 0 Å². The molecule has 3 nitrogen and oxygen atoms in total. The van der Waals surface area contributed by atoms with Gasteiger partial charge in [-0.1, -0.05) is 25.7 Å². The summed E-state index contributed by atoms with van der Waals surface area (Å²) in [7, 11) is 1.78. The highest BCUT2D eigenvalue weighted by atomic mass is 32.1. The molecule has 0 atom stereocenters. The van der Waals surface area contributed by atoms with E-state index in [1.807, 2.05) is 11.3 Å². The predicted octanol–water partition coefficient (Wildman–Crippen LogP) is 3.42. The number of aromatic nitrogens is 1. The van der Waals surface area contributed by atoms with Crippen molar-refractivity contribution in [2.24, 2.45) is 0 Å². The number of methoxy groups -OCH3 is 1. The average molecular weight is 294 g/mol. The van der Waals surface area contributed by atoms with Gasteiger partial charge in [0.2, 0.25) is 0 Å². The highest BCUT2D eigenvalue weighted by Gasteiger charge is 2.36. The van der Waals surface area contributed by atoms with Crippen LogP contribution in [0.5, 0.6) is 0 Å². The van der Waals surface area contributed by atoms with Gasteiger partial charge in [-0.15, -0.1) is 11.3 Å². The lowest BCUT2D eigenvalue weighted by Crippen LogP contribution is -2.43. The van der Waals surface area contributed by atoms with Gasteiger partial charge < -0.3 is 10.1 Å². The Kier molecular flexibility index (Phi) is 4.74. The minimum Gasteiger partial charge on any atom is -0.383 e. The largest absolute Gasteiger partial charge is 0.383 e. The van der Waals surface area contributed by atoms with Crippen LogP contribution in [0.2, 0.25) is 0 Å². The molecule has 3 rings (SSSR count). The molecular formula is C16H26N2OS. The molecule has 0 amide bonds. The molecule has 4 heteroatoms. The van der Waals surface area contributed by atoms with Crippen molar-refractivity contribution in [1.29, 1.82) is 0 Å². The van der Waals surface area contributed by atoms with Crippen LogP contribution >= 0.6 is 11.3 Å². The van der Waals surface area contributed by atoms with E-state index in [2.05, 4.69) is 5.32 Å². The van der Waals surface area contributed by atoms with Gasteiger partial charge in [0.05, 0.1) is 17.8 Å². The maximum atomic E-state index is 5.23. The van der Waals surface area contributed by atoms with Crippen molar-refractivity contribution in [3.63, 3.8) is 0 Å². The summed E-state index contributed by atoms with van der Waals surface area (Å²) in [5.74, 6) is 0. The summed E-state index contributed by atoms with van der Waals surface area (Å²) >= 11 is 1.98. The number of aryl methyl sites for hydroxylation is 2. The summed E-state index contributed by atoms with van der Waals surface area (Å²) in [5, 5.41) is 5.17. The molecule has 1 N–H and O–H groups in total. The summed E-state index contributed by atoms with van der Waals surface area (Å²) in [6.07, 6.45) is 11.6. The monoisotopic (exact) mass is 294 g/mol. The van der Waals surface area contributed by atoms with Crippen LogP contribution in [0.4, 0.5) is 0 Å². The summed E-state index contributed by atoms with van der Waals surface area (Å²) in [5.41, 5.74) is 1.52. The molecule has 0 aliphatic heterocycles. The van der Waals surface area contributed by atoms with Crippen LogP contribution < -0.4 is 5.32 Å². The van der Waals surface area contributed by atoms with E-state index in [-0.39, 0.29) is 5.54 Å². The fraction of sp³-hybridized carbons (Fsp3) is 0.812. The van der Waals surface area contributed by atoms with Gasteiger partial charge >= 0.3 is 0 Å². The number of thiazole rings is 1. The molecule has 1 aromatic heterocycles. The van der Waals surface area contributed by atoms with Gasteiger partial charge in [-0.3, -0.25) is 0 Å². The van der Waals surface area contributed by atoms with Gasteiger partial charge in [-0.05, 0) is 32.1 Å². The first-order chi connectivity index (χ1) is 9.84. The third-order valence-corrected chi connectivity index (χ3v) is 6.09. The second kappa shape index (κ2) is 6.54. The zero-order chi connectivity index (χ0) is 13.8. The van der Waals surface area contributed by atoms with E-state index in [4.69, 9.17) is 9.72 Å². The average Bonchev–Trinajstić information content (AvgIpc) is 2.96. The van der Waals surface area contributed by atoms with Crippen LogP contribution in [-0.4, -0.2) is 25.2 Å². The maximum absolute atomic E-state index is 5.23. The van der Waals surface area contributed by atoms with Crippen molar-refractivity contribution in [2.45, 2.75) is 63.3 Å². The van der Waals surface area contributed by atoms with E-state index in [0.29, 0.717) is 0 Å². The Morgan fingerprint density at radius 3 is 2.65 bits per heavy atom. The minimum atomic E-state index is 0.129. The van der Waals surface area contributed by atoms with Crippen molar-refractivity contribution in [2.75, 3.05) is 20.3 Å². The number of rotatable bonds is 5. The van der Waals surface area contributed by atoms with Crippen molar-refractivity contribution >= 4 is 11.3 Å². The Morgan fingerprint density at radius 1 is 1.15 bits per heavy atom. The molecule has 2 aliphatic rings. The lowest BCUT2D eigenvalue weighted by molar-refractivity contribution is 0.177. The Bertz CT molecular complexity index is 414. The van der Waals surface area contributed by atoms with Crippen molar-refractivity contribution in [3.05, 3.63) is 15.6 Å². The zero-order valence-electron chi connectivity index (χ0n) is 12.5. The Hall–Kier alpha value is -0.450. The number of nitrogens with one attached hydrogen (secondary N) is 1. The van der Waals surface area contributed by atoms with Crippen LogP contribution in [0.25, 0.3) is 0 Å². The lowest BCUT2D eigenvalue weighted by Gasteiger charge is -2.32. The Balaban J connectivity index is 1.82. The molecule has 0 unspecified atom stereocenters. The summed E-state index contributed by atoms with van der Waals surface area (Å²) in [4.78, 5) is 6.58. The molecule has 1 saturated carbocycles. The minimum absolute atomic E-state index is 0.129. The van der Waals surface area contributed by atoms with Crippen LogP contribution in [0, 0.1) is 0 Å². The summed E-state index contributed by atoms with van der Waals surface area (Å²) in [6.45, 7) is 1.72. The van der Waals surface area contributed by atoms with E-state index in [9.17, 15) is 0 Å². The van der Waals surface area contributed by atoms with E-state index in [1.54, 1.807) is 12.0 Å². The van der Waals surface area contributed by atoms with E-state index in [1.165, 1.54) is 68.5 Å². The van der Waals surface area contributed by atoms with Crippen molar-refractivity contribution in [1.82, 2.24) is 10.3 Å². The van der Waals surface area contributed by atoms with Gasteiger partial charge in [-0.2, -0.15) is 0 Å². The van der Waals surface area contributed by atoms with E-state index >= 15 is 0 Å². The smallest absolute Gasteiger partial charge is 0.113 e. The molecule has 112 valence electrons. The number of hydrogen-bond acceptors (Lipinski definition) is 4. The molecule has 0 aromatic carbocycles. The fourth-order valence-corrected chi connectivity index (χ4v) is 4.96. The molecule has 1 aromatic rings. The highest BCUT2D eigenvalue weighted by molar-refractivity contribution is 7.12. The SMILES string of the molecule is COCCNC1(c2nc3c(s2)CCC3)CCCCCC1. The molecule has 0 saturated heterocycles. The molecule has 1 heterocycles. The van der Waals surface area contributed by atoms with Gasteiger partial charge in [0, 0.05) is 18.5 Å². The molecule has 2 aliphatic carbocycles. The van der Waals surface area contributed by atoms with Crippen LogP contribution in [0.1, 0.15) is 60.5 Å². The number of ether oxygens (including phenoxy) is 1. The highest BCUT2D eigenvalue weighted by Crippen LogP contribution is 2.40. The Labute approximate surface area is 126 Å². The number of nitrogens with zero attached hydrogens (tertiary/aromatic N) is 1. The quantitative estimate of drug-likeness (QED) is 0.667. The molecule has 0 radical (unpaired) electrons. The lowest BCUT2D eigenvalue weighted by atomic mass is 9.90. The van der Waals surface area contributed by atoms with E-state index < -0.39 is 0 Å². The molecule has 0 bridgehead atoms. The van der Waals surface area contributed by atoms with Crippen LogP contribution in [0.3, 0.4) is 0 Å². The molecule has 1 fully saturated rings. The fourth-order valence-electron chi connectivity index (χ4n) is 3.59. The molecular weight excluding hydrogens is 268 g/mol. The number of fused-ring (bicyclic) bond motifs is 1. The molecule has 0 spiro atoms. The summed E-state index contributed by atoms with van der Waals surface area (Å²) in [6, 6.07) is 0. The first-order valence-corrected chi connectivity index (χ1v) is 8.89. The predicted molar refractivity (Wildman–Crippen MR) is 83.4 cm³/mol. The maximum Gasteiger partial charge on any atom is 0.113 e. The van der Waals surface area contributed by atoms with Gasteiger partial charge in [0.1, 0.15) is 5.01 Å². The van der Waals surface area contributed by atoms with Gasteiger partial charge in [-0.25, -0.2) is 4.98 Å². The van der Waals surface area contributed by atoms with E-state index in [0.717, 1.165) is 13.2 Å². The van der Waals surface area contributed by atoms with Crippen LogP contribution in [0.15, 0.2) is 0 Å². The second-order valence-corrected chi connectivity index (χ2v) is 7.24. The van der Waals surface area contributed by atoms with Crippen LogP contribution in [-0.2, 0) is 23.1 Å². The van der Waals surface area contributed by atoms with Crippen molar-refractivity contribution < 1.29 is 4.74 Å². The number of hydrogen-bond donors (Lipinski definition) is 1. The third kappa shape index (κ3) is 2.92. The summed E-state index contributed by atoms with van der Waals surface area (Å²) < 4.78 is 5.23. The topological polar surface area (TPSA) is 34.1 Å². The third-order valence-electron chi connectivity index (χ3n) is 4.73. The first-order valence-electron chi connectivity index (χ1n) is 8.07. The standard InChI is InChI=1S/C16H26N2OS/c1-19-12-11-17-16(9-4-2-3-5-10-16)15-18-13-7-6-8-14(13)20-15/h17H,2-12H2,1H3. The van der Waals surface area contributed by atoms with Gasteiger partial charge in [0.25, 0.3) is 0 Å². The van der Waals surface area contributed by atoms with Crippen molar-refractivity contribution in [3.8, 4) is 0 Å². The second-order valence-electron chi connectivity index (χ2n) is 6.16. The normalized spacial score (nSPS) is 21.6.